The van der Waals surface area contributed by atoms with Crippen LogP contribution in [0.1, 0.15) is 52.6 Å². The molecule has 0 radical (unpaired) electrons. The van der Waals surface area contributed by atoms with Gasteiger partial charge in [0.25, 0.3) is 0 Å². The number of methoxy groups -OCH3 is 1. The van der Waals surface area contributed by atoms with Gasteiger partial charge in [-0.1, -0.05) is 29.8 Å². The number of benzene rings is 1. The molecule has 0 unspecified atom stereocenters. The Morgan fingerprint density at radius 3 is 2.12 bits per heavy atom. The van der Waals surface area contributed by atoms with E-state index in [4.69, 9.17) is 25.8 Å². The van der Waals surface area contributed by atoms with Gasteiger partial charge < -0.3 is 24.3 Å². The molecular weight excluding hydrogens is 466 g/mol. The van der Waals surface area contributed by atoms with Gasteiger partial charge >= 0.3 is 24.0 Å². The zero-order valence-electron chi connectivity index (χ0n) is 20.3. The lowest BCUT2D eigenvalue weighted by Gasteiger charge is -2.36. The van der Waals surface area contributed by atoms with E-state index in [0.717, 1.165) is 6.08 Å². The van der Waals surface area contributed by atoms with Crippen molar-refractivity contribution in [2.75, 3.05) is 20.3 Å². The zero-order valence-corrected chi connectivity index (χ0v) is 21.1. The first kappa shape index (κ1) is 29.0. The number of hydrogen-bond acceptors (Lipinski definition) is 8. The van der Waals surface area contributed by atoms with Crippen LogP contribution in [0.15, 0.2) is 36.4 Å². The minimum absolute atomic E-state index is 0.0462. The van der Waals surface area contributed by atoms with Gasteiger partial charge in [0.15, 0.2) is 5.41 Å². The first-order chi connectivity index (χ1) is 15.9. The summed E-state index contributed by atoms with van der Waals surface area (Å²) >= 11 is 6.18. The molecule has 1 aromatic rings. The monoisotopic (exact) mass is 497 g/mol. The largest absolute Gasteiger partial charge is 0.466 e. The third kappa shape index (κ3) is 8.06. The Kier molecular flexibility index (Phi) is 11.1. The van der Waals surface area contributed by atoms with Crippen molar-refractivity contribution in [2.24, 2.45) is 5.41 Å². The number of allylic oxidation sites excluding steroid dienone is 1. The average Bonchev–Trinajstić information content (AvgIpc) is 2.74. The van der Waals surface area contributed by atoms with E-state index in [1.54, 1.807) is 52.8 Å². The molecule has 0 heterocycles. The van der Waals surface area contributed by atoms with Crippen LogP contribution in [0, 0.1) is 5.41 Å². The van der Waals surface area contributed by atoms with E-state index in [1.165, 1.54) is 19.3 Å². The van der Waals surface area contributed by atoms with Gasteiger partial charge in [0.2, 0.25) is 0 Å². The minimum Gasteiger partial charge on any atom is -0.466 e. The Morgan fingerprint density at radius 1 is 1.06 bits per heavy atom. The number of rotatable bonds is 10. The number of amides is 1. The van der Waals surface area contributed by atoms with Crippen molar-refractivity contribution in [1.29, 1.82) is 0 Å². The SMILES string of the molecule is CCOC(=O)C(C/C=C/C(=O)OC)(C(=O)OCC)[C@H](NC(=O)OC(C)(C)C)c1cccc(Cl)c1. The predicted molar refractivity (Wildman–Crippen MR) is 125 cm³/mol. The third-order valence-electron chi connectivity index (χ3n) is 4.51. The van der Waals surface area contributed by atoms with Crippen LogP contribution < -0.4 is 5.32 Å². The van der Waals surface area contributed by atoms with Crippen molar-refractivity contribution in [3.8, 4) is 0 Å². The molecule has 1 atom stereocenters. The van der Waals surface area contributed by atoms with Gasteiger partial charge in [-0.05, 0) is 58.7 Å². The van der Waals surface area contributed by atoms with Crippen molar-refractivity contribution in [2.45, 2.75) is 52.7 Å². The van der Waals surface area contributed by atoms with E-state index in [9.17, 15) is 19.2 Å². The number of carbonyl (C=O) groups is 4. The lowest BCUT2D eigenvalue weighted by molar-refractivity contribution is -0.174. The summed E-state index contributed by atoms with van der Waals surface area (Å²) in [5.74, 6) is -2.60. The number of ether oxygens (including phenoxy) is 4. The van der Waals surface area contributed by atoms with Crippen molar-refractivity contribution in [3.05, 3.63) is 47.0 Å². The molecule has 1 amide bonds. The van der Waals surface area contributed by atoms with Crippen LogP contribution in [0.25, 0.3) is 0 Å². The number of esters is 3. The smallest absolute Gasteiger partial charge is 0.408 e. The number of alkyl carbamates (subject to hydrolysis) is 1. The summed E-state index contributed by atoms with van der Waals surface area (Å²) in [6.07, 6.45) is 1.11. The maximum atomic E-state index is 13.4. The van der Waals surface area contributed by atoms with E-state index in [1.807, 2.05) is 0 Å². The molecule has 0 spiro atoms. The second kappa shape index (κ2) is 13.0. The molecule has 10 heteroatoms. The van der Waals surface area contributed by atoms with E-state index in [0.29, 0.717) is 10.6 Å². The number of hydrogen-bond donors (Lipinski definition) is 1. The lowest BCUT2D eigenvalue weighted by atomic mass is 9.73. The van der Waals surface area contributed by atoms with Gasteiger partial charge in [0.1, 0.15) is 5.60 Å². The van der Waals surface area contributed by atoms with Gasteiger partial charge in [-0.3, -0.25) is 9.59 Å². The molecule has 0 bridgehead atoms. The first-order valence-corrected chi connectivity index (χ1v) is 11.1. The van der Waals surface area contributed by atoms with Crippen molar-refractivity contribution >= 4 is 35.6 Å². The standard InChI is InChI=1S/C24H32ClNO8/c1-7-32-20(28)24(21(29)33-8-2,14-10-13-18(27)31-6)19(16-11-9-12-17(25)15-16)26-22(30)34-23(3,4)5/h9-13,15,19H,7-8,14H2,1-6H3,(H,26,30)/b13-10+/t19-/m1/s1. The van der Waals surface area contributed by atoms with Crippen molar-refractivity contribution < 1.29 is 38.1 Å². The Hall–Kier alpha value is -3.07. The fraction of sp³-hybridized carbons (Fsp3) is 0.500. The van der Waals surface area contributed by atoms with Crippen LogP contribution in [0.4, 0.5) is 4.79 Å². The van der Waals surface area contributed by atoms with Crippen LogP contribution >= 0.6 is 11.6 Å². The molecule has 0 saturated carbocycles. The van der Waals surface area contributed by atoms with Crippen molar-refractivity contribution in [1.82, 2.24) is 5.32 Å². The molecule has 0 aromatic heterocycles. The third-order valence-corrected chi connectivity index (χ3v) is 4.75. The molecule has 188 valence electrons. The van der Waals surface area contributed by atoms with Crippen LogP contribution in [0.2, 0.25) is 5.02 Å². The molecule has 1 N–H and O–H groups in total. The second-order valence-corrected chi connectivity index (χ2v) is 8.61. The summed E-state index contributed by atoms with van der Waals surface area (Å²) in [5, 5.41) is 2.92. The quantitative estimate of drug-likeness (QED) is 0.222. The van der Waals surface area contributed by atoms with Crippen LogP contribution in [0.5, 0.6) is 0 Å². The summed E-state index contributed by atoms with van der Waals surface area (Å²) in [6.45, 7) is 8.07. The number of halogens is 1. The summed E-state index contributed by atoms with van der Waals surface area (Å²) in [6, 6.07) is 4.98. The van der Waals surface area contributed by atoms with E-state index >= 15 is 0 Å². The molecule has 34 heavy (non-hydrogen) atoms. The molecule has 0 fully saturated rings. The van der Waals surface area contributed by atoms with Crippen LogP contribution in [0.3, 0.4) is 0 Å². The highest BCUT2D eigenvalue weighted by molar-refractivity contribution is 6.30. The Bertz CT molecular complexity index is 888. The maximum Gasteiger partial charge on any atom is 0.408 e. The van der Waals surface area contributed by atoms with Crippen LogP contribution in [-0.4, -0.2) is 49.9 Å². The molecule has 9 nitrogen and oxygen atoms in total. The summed E-state index contributed by atoms with van der Waals surface area (Å²) in [4.78, 5) is 51.2. The Balaban J connectivity index is 3.78. The summed E-state index contributed by atoms with van der Waals surface area (Å²) in [7, 11) is 1.19. The first-order valence-electron chi connectivity index (χ1n) is 10.7. The highest BCUT2D eigenvalue weighted by Gasteiger charge is 2.56. The maximum absolute atomic E-state index is 13.4. The highest BCUT2D eigenvalue weighted by Crippen LogP contribution is 2.41. The van der Waals surface area contributed by atoms with Gasteiger partial charge in [-0.25, -0.2) is 9.59 Å². The van der Waals surface area contributed by atoms with Crippen molar-refractivity contribution in [3.63, 3.8) is 0 Å². The van der Waals surface area contributed by atoms with E-state index < -0.39 is 41.1 Å². The van der Waals surface area contributed by atoms with Crippen LogP contribution in [-0.2, 0) is 33.3 Å². The normalized spacial score (nSPS) is 12.6. The Labute approximate surface area is 204 Å². The average molecular weight is 498 g/mol. The van der Waals surface area contributed by atoms with E-state index in [-0.39, 0.29) is 19.6 Å². The topological polar surface area (TPSA) is 117 Å². The predicted octanol–water partition coefficient (Wildman–Crippen LogP) is 4.14. The molecule has 0 aliphatic carbocycles. The Morgan fingerprint density at radius 2 is 1.65 bits per heavy atom. The number of carbonyl (C=O) groups excluding carboxylic acids is 4. The fourth-order valence-electron chi connectivity index (χ4n) is 3.14. The minimum atomic E-state index is -2.11. The summed E-state index contributed by atoms with van der Waals surface area (Å²) in [5.41, 5.74) is -2.64. The fourth-order valence-corrected chi connectivity index (χ4v) is 3.33. The van der Waals surface area contributed by atoms with Gasteiger partial charge in [-0.2, -0.15) is 0 Å². The number of nitrogens with one attached hydrogen (secondary N) is 1. The molecule has 0 aliphatic rings. The lowest BCUT2D eigenvalue weighted by Crippen LogP contribution is -2.53. The molecule has 1 rings (SSSR count). The zero-order chi connectivity index (χ0) is 25.9. The summed E-state index contributed by atoms with van der Waals surface area (Å²) < 4.78 is 20.5. The molecule has 0 aliphatic heterocycles. The molecule has 1 aromatic carbocycles. The molecule has 0 saturated heterocycles. The second-order valence-electron chi connectivity index (χ2n) is 8.18. The van der Waals surface area contributed by atoms with Gasteiger partial charge in [-0.15, -0.1) is 0 Å². The van der Waals surface area contributed by atoms with Gasteiger partial charge in [0, 0.05) is 11.1 Å². The van der Waals surface area contributed by atoms with E-state index in [2.05, 4.69) is 10.1 Å². The van der Waals surface area contributed by atoms with Gasteiger partial charge in [0.05, 0.1) is 26.4 Å². The highest BCUT2D eigenvalue weighted by atomic mass is 35.5. The molecular formula is C24H32ClNO8.